The maximum atomic E-state index is 13.3. The fourth-order valence-corrected chi connectivity index (χ4v) is 11.9. The first-order chi connectivity index (χ1) is 49.5. The smallest absolute Gasteiger partial charge is 0.343 e. The van der Waals surface area contributed by atoms with Crippen LogP contribution in [0.4, 0.5) is 10.3 Å². The predicted octanol–water partition coefficient (Wildman–Crippen LogP) is 19.6. The zero-order valence-corrected chi connectivity index (χ0v) is 60.5. The van der Waals surface area contributed by atoms with E-state index in [-0.39, 0.29) is 12.6 Å². The monoisotopic (exact) mass is 1420 g/mol. The highest BCUT2D eigenvalue weighted by molar-refractivity contribution is 7.22. The van der Waals surface area contributed by atoms with Gasteiger partial charge < -0.3 is 33.5 Å². The van der Waals surface area contributed by atoms with Crippen LogP contribution in [0.25, 0.3) is 20.4 Å². The fourth-order valence-electron chi connectivity index (χ4n) is 9.98. The van der Waals surface area contributed by atoms with E-state index in [1.807, 2.05) is 82.8 Å². The summed E-state index contributed by atoms with van der Waals surface area (Å²) in [6.07, 6.45) is 24.3. The summed E-state index contributed by atoms with van der Waals surface area (Å²) >= 11 is 3.20. The number of ether oxygens (including phenoxy) is 5. The normalized spacial score (nSPS) is 11.5. The molecule has 6 aromatic carbocycles. The number of rotatable bonds is 48. The number of carbonyl (C=O) groups excluding carboxylic acids is 3. The summed E-state index contributed by atoms with van der Waals surface area (Å²) in [5.41, 5.74) is 5.17. The average molecular weight is 1420 g/mol. The first-order valence-corrected chi connectivity index (χ1v) is 36.9. The fraction of sp³-hybridized carbons (Fsp3) is 0.405. The molecule has 8 aromatic rings. The Labute approximate surface area is 602 Å². The molecule has 20 nitrogen and oxygen atoms in total. The lowest BCUT2D eigenvalue weighted by molar-refractivity contribution is -0.277. The van der Waals surface area contributed by atoms with Gasteiger partial charge >= 0.3 is 17.9 Å². The average Bonchev–Trinajstić information content (AvgIpc) is 1.74. The number of nitrogens with zero attached hydrogens (tertiary/aromatic N) is 6. The minimum atomic E-state index is -0.536. The van der Waals surface area contributed by atoms with E-state index in [4.69, 9.17) is 63.4 Å². The Bertz CT molecular complexity index is 3740. The highest BCUT2D eigenvalue weighted by atomic mass is 32.1. The van der Waals surface area contributed by atoms with Crippen molar-refractivity contribution >= 4 is 83.7 Å². The van der Waals surface area contributed by atoms with Crippen LogP contribution in [0.2, 0.25) is 0 Å². The molecular formula is C79H98N6O14S2. The Kier molecular flexibility index (Phi) is 36.4. The van der Waals surface area contributed by atoms with Crippen molar-refractivity contribution in [2.75, 3.05) is 56.1 Å². The molecule has 0 fully saturated rings. The molecule has 1 N–H and O–H groups in total. The largest absolute Gasteiger partial charge is 0.494 e. The lowest BCUT2D eigenvalue weighted by Gasteiger charge is -2.16. The number of anilines is 2. The van der Waals surface area contributed by atoms with Crippen LogP contribution in [0.5, 0.6) is 28.7 Å². The molecule has 0 amide bonds. The van der Waals surface area contributed by atoms with Gasteiger partial charge in [0.25, 0.3) is 0 Å². The molecule has 101 heavy (non-hydrogen) atoms. The summed E-state index contributed by atoms with van der Waals surface area (Å²) in [6, 6.07) is 41.3. The van der Waals surface area contributed by atoms with Crippen LogP contribution in [0.15, 0.2) is 169 Å². The number of fused-ring (bicyclic) bond motifs is 2. The highest BCUT2D eigenvalue weighted by Crippen LogP contribution is 2.33. The lowest BCUT2D eigenvalue weighted by atomic mass is 10.1. The molecule has 0 spiro atoms. The number of para-hydroxylation sites is 2. The van der Waals surface area contributed by atoms with E-state index < -0.39 is 18.0 Å². The predicted molar refractivity (Wildman–Crippen MR) is 402 cm³/mol. The first-order valence-electron chi connectivity index (χ1n) is 35.3. The second kappa shape index (κ2) is 46.4. The summed E-state index contributed by atoms with van der Waals surface area (Å²) < 4.78 is 29.8. The van der Waals surface area contributed by atoms with Crippen molar-refractivity contribution in [3.05, 3.63) is 187 Å². The number of hydrogen-bond donors (Lipinski definition) is 1. The number of carbonyl (C=O) groups is 3. The SMILES string of the molecule is C=CC(=O)OCCCCCCOc1ccc(C(=O)Oc2ccc(OOCCCCC)cc2/C=N/N(CCCCCC)c2nc3ccccc3s2)cc1.C=CC(=O)OCCCCCCOc1ccc(COOc2ccc(C(C)OO)cc2/C=N/N(CCCCCC)c2nc3ccccc3s2)cc1. The van der Waals surface area contributed by atoms with Gasteiger partial charge in [-0.3, -0.25) is 5.26 Å². The summed E-state index contributed by atoms with van der Waals surface area (Å²) in [6.45, 7) is 19.2. The van der Waals surface area contributed by atoms with E-state index in [0.29, 0.717) is 79.3 Å². The van der Waals surface area contributed by atoms with Gasteiger partial charge in [-0.25, -0.2) is 39.3 Å². The third-order valence-corrected chi connectivity index (χ3v) is 17.9. The van der Waals surface area contributed by atoms with Crippen LogP contribution < -0.4 is 34.0 Å². The van der Waals surface area contributed by atoms with Gasteiger partial charge in [0.2, 0.25) is 10.3 Å². The maximum Gasteiger partial charge on any atom is 0.343 e. The minimum absolute atomic E-state index is 0.223. The van der Waals surface area contributed by atoms with Gasteiger partial charge in [0, 0.05) is 36.4 Å². The van der Waals surface area contributed by atoms with Gasteiger partial charge in [0.05, 0.1) is 71.5 Å². The quantitative estimate of drug-likeness (QED) is 0.00712. The molecule has 0 aliphatic rings. The molecule has 1 unspecified atom stereocenters. The third-order valence-electron chi connectivity index (χ3n) is 15.8. The molecule has 0 radical (unpaired) electrons. The van der Waals surface area contributed by atoms with E-state index in [9.17, 15) is 19.6 Å². The minimum Gasteiger partial charge on any atom is -0.494 e. The molecule has 22 heteroatoms. The molecular weight excluding hydrogens is 1320 g/mol. The van der Waals surface area contributed by atoms with E-state index in [1.165, 1.54) is 18.6 Å². The second-order valence-electron chi connectivity index (χ2n) is 23.8. The lowest BCUT2D eigenvalue weighted by Crippen LogP contribution is -2.18. The van der Waals surface area contributed by atoms with Gasteiger partial charge in [-0.15, -0.1) is 0 Å². The van der Waals surface area contributed by atoms with Crippen molar-refractivity contribution in [2.24, 2.45) is 10.2 Å². The number of benzene rings is 6. The van der Waals surface area contributed by atoms with Crippen LogP contribution in [-0.2, 0) is 40.3 Å². The molecule has 0 aliphatic carbocycles. The van der Waals surface area contributed by atoms with Gasteiger partial charge in [-0.05, 0) is 180 Å². The molecule has 2 heterocycles. The number of hydrazone groups is 2. The molecule has 8 rings (SSSR count). The second-order valence-corrected chi connectivity index (χ2v) is 25.8. The molecule has 0 aliphatic heterocycles. The number of hydrogen-bond acceptors (Lipinski definition) is 22. The van der Waals surface area contributed by atoms with Crippen LogP contribution >= 0.6 is 22.7 Å². The Morgan fingerprint density at radius 1 is 0.515 bits per heavy atom. The zero-order valence-electron chi connectivity index (χ0n) is 58.8. The highest BCUT2D eigenvalue weighted by Gasteiger charge is 2.18. The Morgan fingerprint density at radius 3 is 1.51 bits per heavy atom. The number of aromatic nitrogens is 2. The zero-order chi connectivity index (χ0) is 71.5. The molecule has 2 aromatic heterocycles. The first kappa shape index (κ1) is 79.3. The standard InChI is InChI=1S/C41H51N3O7S.C38H47N3O7S/c1-4-7-9-14-26-44(41-43-36-18-12-13-19-38(36)52-41)42-31-33-30-35(51-49-29-15-8-5-2)24-25-37(33)50-40(46)32-20-22-34(23-21-32)47-27-16-10-11-17-28-48-39(45)6-3;1-4-6-7-12-23-41(38-40-34-15-10-11-16-36(34)49-38)39-27-32-26-31(29(3)47-43)19-22-35(32)48-46-28-30-17-20-33(21-18-30)44-24-13-8-9-14-25-45-37(42)5-2/h6,12-13,18-25,30-31H,3-5,7-11,14-17,26-29H2,1-2H3;5,10-11,15-22,26-27,29,43H,2,4,6-9,12-14,23-25,28H2,1,3H3/b42-31+;39-27+. The molecule has 0 saturated heterocycles. The molecule has 1 atom stereocenters. The van der Waals surface area contributed by atoms with E-state index >= 15 is 0 Å². The summed E-state index contributed by atoms with van der Waals surface area (Å²) in [4.78, 5) is 72.2. The van der Waals surface area contributed by atoms with Gasteiger partial charge in [0.15, 0.2) is 11.5 Å². The summed E-state index contributed by atoms with van der Waals surface area (Å²) in [5, 5.41) is 24.5. The molecule has 0 bridgehead atoms. The van der Waals surface area contributed by atoms with Crippen molar-refractivity contribution in [1.82, 2.24) is 9.97 Å². The van der Waals surface area contributed by atoms with Crippen molar-refractivity contribution in [3.8, 4) is 28.7 Å². The van der Waals surface area contributed by atoms with E-state index in [1.54, 1.807) is 90.6 Å². The van der Waals surface area contributed by atoms with Gasteiger partial charge in [0.1, 0.15) is 30.0 Å². The topological polar surface area (TPSA) is 221 Å². The molecule has 0 saturated carbocycles. The van der Waals surface area contributed by atoms with Gasteiger partial charge in [-0.1, -0.05) is 150 Å². The van der Waals surface area contributed by atoms with Crippen molar-refractivity contribution in [2.45, 2.75) is 162 Å². The molecule has 540 valence electrons. The number of esters is 3. The Morgan fingerprint density at radius 2 is 0.990 bits per heavy atom. The van der Waals surface area contributed by atoms with E-state index in [2.05, 4.69) is 50.9 Å². The summed E-state index contributed by atoms with van der Waals surface area (Å²) in [7, 11) is 0. The van der Waals surface area contributed by atoms with Crippen LogP contribution in [0.1, 0.15) is 188 Å². The summed E-state index contributed by atoms with van der Waals surface area (Å²) in [5.74, 6) is 1.45. The van der Waals surface area contributed by atoms with Crippen LogP contribution in [0, 0.1) is 0 Å². The van der Waals surface area contributed by atoms with Crippen molar-refractivity contribution in [1.29, 1.82) is 0 Å². The number of thiazole rings is 2. The van der Waals surface area contributed by atoms with Crippen molar-refractivity contribution < 1.29 is 67.8 Å². The maximum absolute atomic E-state index is 13.3. The Hall–Kier alpha value is -9.03. The van der Waals surface area contributed by atoms with Crippen molar-refractivity contribution in [3.63, 3.8) is 0 Å². The van der Waals surface area contributed by atoms with Crippen LogP contribution in [0.3, 0.4) is 0 Å². The number of unbranched alkanes of at least 4 members (excludes halogenated alkanes) is 14. The Balaban J connectivity index is 0.000000284. The van der Waals surface area contributed by atoms with Gasteiger partial charge in [-0.2, -0.15) is 20.0 Å². The van der Waals surface area contributed by atoms with Crippen LogP contribution in [-0.4, -0.2) is 91.7 Å². The van der Waals surface area contributed by atoms with E-state index in [0.717, 1.165) is 170 Å². The third kappa shape index (κ3) is 28.9.